The molecule has 1 fully saturated rings. The molecule has 1 rings (SSSR count). The van der Waals surface area contributed by atoms with Crippen molar-refractivity contribution in [3.8, 4) is 0 Å². The summed E-state index contributed by atoms with van der Waals surface area (Å²) in [4.78, 5) is 8.36. The highest BCUT2D eigenvalue weighted by atomic mass is 16.9. The minimum atomic E-state index is -1.50. The predicted octanol–water partition coefficient (Wildman–Crippen LogP) is 2.38. The monoisotopic (exact) mass is 161 g/mol. The molecule has 11 heavy (non-hydrogen) atoms. The molecule has 0 aromatic rings. The molecule has 1 aliphatic rings. The third kappa shape index (κ3) is 12.4. The van der Waals surface area contributed by atoms with Gasteiger partial charge in [-0.15, -0.1) is 10.1 Å². The summed E-state index contributed by atoms with van der Waals surface area (Å²) in [5.41, 5.74) is 0. The van der Waals surface area contributed by atoms with Gasteiger partial charge in [0.25, 0.3) is 5.09 Å². The lowest BCUT2D eigenvalue weighted by molar-refractivity contribution is -0.742. The number of hydrogen-bond acceptors (Lipinski definition) is 2. The Morgan fingerprint density at radius 1 is 0.909 bits per heavy atom. The summed E-state index contributed by atoms with van der Waals surface area (Å²) < 4.78 is 0. The van der Waals surface area contributed by atoms with E-state index in [0.717, 1.165) is 0 Å². The summed E-state index contributed by atoms with van der Waals surface area (Å²) in [6.07, 6.45) is 10.5. The van der Waals surface area contributed by atoms with Gasteiger partial charge in [0.2, 0.25) is 0 Å². The molecule has 4 nitrogen and oxygen atoms in total. The van der Waals surface area contributed by atoms with E-state index < -0.39 is 5.09 Å². The van der Waals surface area contributed by atoms with Crippen molar-refractivity contribution in [1.82, 2.24) is 0 Å². The van der Waals surface area contributed by atoms with Crippen LogP contribution >= 0.6 is 0 Å². The van der Waals surface area contributed by atoms with Crippen LogP contribution in [0.25, 0.3) is 0 Å². The molecule has 0 unspecified atom stereocenters. The van der Waals surface area contributed by atoms with E-state index in [-0.39, 0.29) is 0 Å². The van der Waals surface area contributed by atoms with Crippen molar-refractivity contribution < 1.29 is 10.3 Å². The summed E-state index contributed by atoms with van der Waals surface area (Å²) in [6, 6.07) is 0. The molecular weight excluding hydrogens is 146 g/mol. The number of rotatable bonds is 0. The molecule has 0 atom stereocenters. The minimum Gasteiger partial charge on any atom is -0.328 e. The standard InChI is InChI=1S/C7H14.HNO3/c1-2-4-6-7-5-3-1;2-1(3)4/h1-7H2;(H,2,3,4). The fraction of sp³-hybridized carbons (Fsp3) is 1.00. The van der Waals surface area contributed by atoms with Crippen molar-refractivity contribution in [2.45, 2.75) is 44.9 Å². The Labute approximate surface area is 66.3 Å². The van der Waals surface area contributed by atoms with Gasteiger partial charge in [0.1, 0.15) is 0 Å². The van der Waals surface area contributed by atoms with Crippen LogP contribution in [0.1, 0.15) is 44.9 Å². The van der Waals surface area contributed by atoms with Gasteiger partial charge < -0.3 is 5.21 Å². The molecule has 0 aromatic heterocycles. The maximum Gasteiger partial charge on any atom is 0.291 e. The quantitative estimate of drug-likeness (QED) is 0.337. The molecule has 0 aliphatic heterocycles. The smallest absolute Gasteiger partial charge is 0.291 e. The van der Waals surface area contributed by atoms with Crippen molar-refractivity contribution in [3.63, 3.8) is 0 Å². The van der Waals surface area contributed by atoms with Crippen molar-refractivity contribution in [3.05, 3.63) is 10.1 Å². The summed E-state index contributed by atoms with van der Waals surface area (Å²) >= 11 is 0. The minimum absolute atomic E-state index is 1.50. The first-order valence-corrected chi connectivity index (χ1v) is 4.07. The van der Waals surface area contributed by atoms with Crippen LogP contribution in [0.3, 0.4) is 0 Å². The molecule has 0 amide bonds. The maximum absolute atomic E-state index is 8.36. The lowest BCUT2D eigenvalue weighted by Gasteiger charge is -1.85. The topological polar surface area (TPSA) is 63.4 Å². The Balaban J connectivity index is 0.000000218. The lowest BCUT2D eigenvalue weighted by Crippen LogP contribution is -1.81. The SMILES string of the molecule is C1CCCCCC1.O=[N+]([O-])O. The van der Waals surface area contributed by atoms with Gasteiger partial charge in [-0.05, 0) is 0 Å². The highest BCUT2D eigenvalue weighted by Crippen LogP contribution is 2.15. The Bertz CT molecular complexity index is 82.2. The maximum atomic E-state index is 8.36. The molecule has 0 spiro atoms. The van der Waals surface area contributed by atoms with E-state index >= 15 is 0 Å². The summed E-state index contributed by atoms with van der Waals surface area (Å²) in [6.45, 7) is 0. The highest BCUT2D eigenvalue weighted by molar-refractivity contribution is 4.51. The second-order valence-electron chi connectivity index (χ2n) is 2.71. The fourth-order valence-electron chi connectivity index (χ4n) is 1.24. The molecule has 1 saturated carbocycles. The van der Waals surface area contributed by atoms with Gasteiger partial charge in [-0.25, -0.2) is 0 Å². The molecular formula is C7H15NO3. The Morgan fingerprint density at radius 3 is 1.09 bits per heavy atom. The first-order chi connectivity index (χ1) is 5.23. The highest BCUT2D eigenvalue weighted by Gasteiger charge is 1.95. The van der Waals surface area contributed by atoms with Gasteiger partial charge >= 0.3 is 0 Å². The average Bonchev–Trinajstić information content (AvgIpc) is 2.13. The van der Waals surface area contributed by atoms with Crippen LogP contribution in [0.5, 0.6) is 0 Å². The fourth-order valence-corrected chi connectivity index (χ4v) is 1.24. The van der Waals surface area contributed by atoms with Crippen molar-refractivity contribution >= 4 is 0 Å². The molecule has 1 N–H and O–H groups in total. The molecule has 66 valence electrons. The van der Waals surface area contributed by atoms with Crippen LogP contribution in [0.15, 0.2) is 0 Å². The molecule has 0 saturated heterocycles. The molecule has 1 aliphatic carbocycles. The number of hydrogen-bond donors (Lipinski definition) is 1. The van der Waals surface area contributed by atoms with Crippen molar-refractivity contribution in [2.75, 3.05) is 0 Å². The molecule has 0 heterocycles. The van der Waals surface area contributed by atoms with Gasteiger partial charge in [0, 0.05) is 0 Å². The van der Waals surface area contributed by atoms with Gasteiger partial charge in [-0.1, -0.05) is 44.9 Å². The Morgan fingerprint density at radius 2 is 1.00 bits per heavy atom. The van der Waals surface area contributed by atoms with E-state index in [2.05, 4.69) is 0 Å². The molecule has 0 aromatic carbocycles. The van der Waals surface area contributed by atoms with Gasteiger partial charge in [-0.3, -0.25) is 0 Å². The largest absolute Gasteiger partial charge is 0.328 e. The van der Waals surface area contributed by atoms with Gasteiger partial charge in [-0.2, -0.15) is 0 Å². The molecule has 4 heteroatoms. The van der Waals surface area contributed by atoms with E-state index in [0.29, 0.717) is 0 Å². The van der Waals surface area contributed by atoms with Gasteiger partial charge in [0.15, 0.2) is 0 Å². The Kier molecular flexibility index (Phi) is 6.78. The third-order valence-corrected chi connectivity index (χ3v) is 1.75. The third-order valence-electron chi connectivity index (χ3n) is 1.75. The zero-order valence-corrected chi connectivity index (χ0v) is 6.66. The van der Waals surface area contributed by atoms with Crippen LogP contribution in [-0.4, -0.2) is 10.3 Å². The van der Waals surface area contributed by atoms with E-state index in [1.165, 1.54) is 44.9 Å². The van der Waals surface area contributed by atoms with E-state index in [1.807, 2.05) is 0 Å². The van der Waals surface area contributed by atoms with Crippen molar-refractivity contribution in [1.29, 1.82) is 0 Å². The second kappa shape index (κ2) is 7.31. The second-order valence-corrected chi connectivity index (χ2v) is 2.71. The zero-order valence-electron chi connectivity index (χ0n) is 6.66. The number of nitrogens with zero attached hydrogens (tertiary/aromatic N) is 1. The Hall–Kier alpha value is -0.800. The predicted molar refractivity (Wildman–Crippen MR) is 41.1 cm³/mol. The summed E-state index contributed by atoms with van der Waals surface area (Å²) in [5.74, 6) is 0. The van der Waals surface area contributed by atoms with E-state index in [4.69, 9.17) is 15.3 Å². The van der Waals surface area contributed by atoms with E-state index in [9.17, 15) is 0 Å². The van der Waals surface area contributed by atoms with Crippen LogP contribution < -0.4 is 0 Å². The van der Waals surface area contributed by atoms with Crippen LogP contribution in [-0.2, 0) is 0 Å². The average molecular weight is 161 g/mol. The first-order valence-electron chi connectivity index (χ1n) is 4.07. The van der Waals surface area contributed by atoms with Crippen LogP contribution in [0.4, 0.5) is 0 Å². The van der Waals surface area contributed by atoms with Crippen LogP contribution in [0, 0.1) is 10.1 Å². The van der Waals surface area contributed by atoms with Gasteiger partial charge in [0.05, 0.1) is 0 Å². The molecule has 0 radical (unpaired) electrons. The lowest BCUT2D eigenvalue weighted by atomic mass is 10.2. The normalized spacial score (nSPS) is 17.5. The van der Waals surface area contributed by atoms with Crippen LogP contribution in [0.2, 0.25) is 0 Å². The first kappa shape index (κ1) is 10.2. The summed E-state index contributed by atoms with van der Waals surface area (Å²) in [7, 11) is 0. The van der Waals surface area contributed by atoms with Crippen molar-refractivity contribution in [2.24, 2.45) is 0 Å². The zero-order chi connectivity index (χ0) is 8.53. The molecule has 0 bridgehead atoms. The summed E-state index contributed by atoms with van der Waals surface area (Å²) in [5, 5.41) is 13.6. The van der Waals surface area contributed by atoms with E-state index in [1.54, 1.807) is 0 Å².